The van der Waals surface area contributed by atoms with Crippen LogP contribution < -0.4 is 5.32 Å². The van der Waals surface area contributed by atoms with Gasteiger partial charge in [-0.3, -0.25) is 4.90 Å². The summed E-state index contributed by atoms with van der Waals surface area (Å²) in [7, 11) is 3.81. The van der Waals surface area contributed by atoms with Gasteiger partial charge in [-0.25, -0.2) is 4.79 Å². The molecule has 1 aliphatic heterocycles. The number of para-hydroxylation sites is 1. The minimum atomic E-state index is -0.888. The van der Waals surface area contributed by atoms with E-state index in [-0.39, 0.29) is 6.17 Å². The van der Waals surface area contributed by atoms with Crippen LogP contribution in [0.25, 0.3) is 5.57 Å². The second-order valence-corrected chi connectivity index (χ2v) is 3.98. The van der Waals surface area contributed by atoms with Gasteiger partial charge in [-0.1, -0.05) is 18.2 Å². The van der Waals surface area contributed by atoms with Crippen LogP contribution in [-0.4, -0.2) is 36.2 Å². The zero-order chi connectivity index (χ0) is 11.7. The van der Waals surface area contributed by atoms with Gasteiger partial charge in [0.1, 0.15) is 0 Å². The third kappa shape index (κ3) is 1.79. The van der Waals surface area contributed by atoms with Crippen LogP contribution in [0.5, 0.6) is 0 Å². The quantitative estimate of drug-likeness (QED) is 0.789. The van der Waals surface area contributed by atoms with Crippen LogP contribution in [0, 0.1) is 0 Å². The Morgan fingerprint density at radius 1 is 1.38 bits per heavy atom. The minimum absolute atomic E-state index is 0.0824. The van der Waals surface area contributed by atoms with Crippen LogP contribution in [0.4, 0.5) is 5.69 Å². The molecule has 2 rings (SSSR count). The summed E-state index contributed by atoms with van der Waals surface area (Å²) >= 11 is 0. The predicted octanol–water partition coefficient (Wildman–Crippen LogP) is 1.47. The number of nitrogens with one attached hydrogen (secondary N) is 1. The van der Waals surface area contributed by atoms with Gasteiger partial charge in [0.05, 0.1) is 11.7 Å². The van der Waals surface area contributed by atoms with Crippen molar-refractivity contribution in [2.24, 2.45) is 0 Å². The van der Waals surface area contributed by atoms with E-state index in [0.29, 0.717) is 5.57 Å². The maximum absolute atomic E-state index is 11.2. The van der Waals surface area contributed by atoms with Crippen LogP contribution in [0.3, 0.4) is 0 Å². The van der Waals surface area contributed by atoms with Gasteiger partial charge in [-0.15, -0.1) is 0 Å². The zero-order valence-electron chi connectivity index (χ0n) is 9.27. The summed E-state index contributed by atoms with van der Waals surface area (Å²) < 4.78 is 0. The molecule has 2 N–H and O–H groups in total. The predicted molar refractivity (Wildman–Crippen MR) is 63.2 cm³/mol. The Morgan fingerprint density at radius 2 is 2.06 bits per heavy atom. The number of hydrogen-bond acceptors (Lipinski definition) is 3. The van der Waals surface area contributed by atoms with Gasteiger partial charge in [-0.2, -0.15) is 0 Å². The highest BCUT2D eigenvalue weighted by Gasteiger charge is 2.23. The fourth-order valence-electron chi connectivity index (χ4n) is 1.76. The number of benzene rings is 1. The molecule has 1 aromatic rings. The van der Waals surface area contributed by atoms with Gasteiger partial charge in [-0.05, 0) is 26.2 Å². The lowest BCUT2D eigenvalue weighted by Gasteiger charge is -2.29. The van der Waals surface area contributed by atoms with E-state index >= 15 is 0 Å². The third-order valence-corrected chi connectivity index (χ3v) is 2.63. The largest absolute Gasteiger partial charge is 0.478 e. The molecule has 4 heteroatoms. The highest BCUT2D eigenvalue weighted by atomic mass is 16.4. The molecule has 4 nitrogen and oxygen atoms in total. The summed E-state index contributed by atoms with van der Waals surface area (Å²) in [5.41, 5.74) is 1.96. The second kappa shape index (κ2) is 3.98. The smallest absolute Gasteiger partial charge is 0.336 e. The Kier molecular flexibility index (Phi) is 2.66. The second-order valence-electron chi connectivity index (χ2n) is 3.98. The van der Waals surface area contributed by atoms with E-state index in [1.165, 1.54) is 0 Å². The number of hydrogen-bond donors (Lipinski definition) is 2. The van der Waals surface area contributed by atoms with E-state index in [2.05, 4.69) is 5.32 Å². The number of rotatable bonds is 2. The fraction of sp³-hybridized carbons (Fsp3) is 0.250. The first-order chi connectivity index (χ1) is 7.59. The lowest BCUT2D eigenvalue weighted by atomic mass is 9.99. The molecule has 1 aliphatic rings. The molecule has 84 valence electrons. The molecule has 0 amide bonds. The summed E-state index contributed by atoms with van der Waals surface area (Å²) in [5, 5.41) is 12.4. The van der Waals surface area contributed by atoms with E-state index in [1.807, 2.05) is 43.3 Å². The highest BCUT2D eigenvalue weighted by molar-refractivity contribution is 6.18. The van der Waals surface area contributed by atoms with Crippen molar-refractivity contribution in [2.75, 3.05) is 19.4 Å². The van der Waals surface area contributed by atoms with Crippen molar-refractivity contribution in [1.82, 2.24) is 4.90 Å². The Balaban J connectivity index is 2.49. The number of aliphatic carboxylic acids is 1. The van der Waals surface area contributed by atoms with Gasteiger partial charge < -0.3 is 10.4 Å². The summed E-state index contributed by atoms with van der Waals surface area (Å²) in [4.78, 5) is 13.1. The number of carboxylic acid groups (broad SMARTS) is 1. The minimum Gasteiger partial charge on any atom is -0.478 e. The average Bonchev–Trinajstić information content (AvgIpc) is 2.27. The maximum Gasteiger partial charge on any atom is 0.336 e. The Labute approximate surface area is 94.2 Å². The molecule has 0 aromatic heterocycles. The molecule has 0 saturated heterocycles. The Morgan fingerprint density at radius 3 is 2.69 bits per heavy atom. The molecule has 0 bridgehead atoms. The van der Waals surface area contributed by atoms with Crippen molar-refractivity contribution in [3.05, 3.63) is 35.9 Å². The SMILES string of the molecule is CN(C)C1C=C(C(=O)O)c2ccccc2N1. The number of likely N-dealkylation sites (N-methyl/N-ethyl adjacent to an activating group) is 1. The zero-order valence-corrected chi connectivity index (χ0v) is 9.27. The summed E-state index contributed by atoms with van der Waals surface area (Å²) in [6.07, 6.45) is 1.64. The van der Waals surface area contributed by atoms with Crippen molar-refractivity contribution < 1.29 is 9.90 Å². The highest BCUT2D eigenvalue weighted by Crippen LogP contribution is 2.29. The van der Waals surface area contributed by atoms with Gasteiger partial charge in [0.2, 0.25) is 0 Å². The normalized spacial score (nSPS) is 18.7. The van der Waals surface area contributed by atoms with E-state index < -0.39 is 5.97 Å². The summed E-state index contributed by atoms with van der Waals surface area (Å²) in [6, 6.07) is 7.44. The van der Waals surface area contributed by atoms with Crippen LogP contribution >= 0.6 is 0 Å². The van der Waals surface area contributed by atoms with E-state index in [1.54, 1.807) is 6.08 Å². The molecule has 0 radical (unpaired) electrons. The molecular formula is C12H14N2O2. The molecule has 0 saturated carbocycles. The number of anilines is 1. The molecule has 0 fully saturated rings. The van der Waals surface area contributed by atoms with E-state index in [4.69, 9.17) is 5.11 Å². The Bertz CT molecular complexity index is 452. The Hall–Kier alpha value is -1.81. The van der Waals surface area contributed by atoms with Gasteiger partial charge in [0, 0.05) is 11.3 Å². The van der Waals surface area contributed by atoms with E-state index in [9.17, 15) is 4.79 Å². The molecule has 1 aromatic carbocycles. The number of nitrogens with zero attached hydrogens (tertiary/aromatic N) is 1. The lowest BCUT2D eigenvalue weighted by molar-refractivity contribution is -0.130. The van der Waals surface area contributed by atoms with Crippen molar-refractivity contribution >= 4 is 17.2 Å². The first-order valence-electron chi connectivity index (χ1n) is 5.07. The number of fused-ring (bicyclic) bond motifs is 1. The maximum atomic E-state index is 11.2. The van der Waals surface area contributed by atoms with Crippen LogP contribution in [0.2, 0.25) is 0 Å². The monoisotopic (exact) mass is 218 g/mol. The first-order valence-corrected chi connectivity index (χ1v) is 5.07. The standard InChI is InChI=1S/C12H14N2O2/c1-14(2)11-7-9(12(15)16)8-5-3-4-6-10(8)13-11/h3-7,11,13H,1-2H3,(H,15,16). The molecule has 0 aliphatic carbocycles. The number of carboxylic acids is 1. The van der Waals surface area contributed by atoms with Crippen LogP contribution in [0.15, 0.2) is 30.3 Å². The topological polar surface area (TPSA) is 52.6 Å². The molecule has 1 unspecified atom stereocenters. The van der Waals surface area contributed by atoms with E-state index in [0.717, 1.165) is 11.3 Å². The molecule has 1 atom stereocenters. The van der Waals surface area contributed by atoms with Gasteiger partial charge in [0.15, 0.2) is 0 Å². The molecule has 1 heterocycles. The van der Waals surface area contributed by atoms with Crippen LogP contribution in [0.1, 0.15) is 5.56 Å². The van der Waals surface area contributed by atoms with Gasteiger partial charge in [0.25, 0.3) is 0 Å². The molecular weight excluding hydrogens is 204 g/mol. The van der Waals surface area contributed by atoms with Crippen LogP contribution in [-0.2, 0) is 4.79 Å². The van der Waals surface area contributed by atoms with Crippen molar-refractivity contribution in [1.29, 1.82) is 0 Å². The summed E-state index contributed by atoms with van der Waals surface area (Å²) in [6.45, 7) is 0. The first kappa shape index (κ1) is 10.7. The lowest BCUT2D eigenvalue weighted by Crippen LogP contribution is -2.36. The third-order valence-electron chi connectivity index (χ3n) is 2.63. The summed E-state index contributed by atoms with van der Waals surface area (Å²) in [5.74, 6) is -0.888. The number of carbonyl (C=O) groups is 1. The average molecular weight is 218 g/mol. The van der Waals surface area contributed by atoms with Crippen molar-refractivity contribution in [3.8, 4) is 0 Å². The molecule has 0 spiro atoms. The molecule has 16 heavy (non-hydrogen) atoms. The van der Waals surface area contributed by atoms with Crippen molar-refractivity contribution in [3.63, 3.8) is 0 Å². The van der Waals surface area contributed by atoms with Gasteiger partial charge >= 0.3 is 5.97 Å². The van der Waals surface area contributed by atoms with Crippen molar-refractivity contribution in [2.45, 2.75) is 6.17 Å². The fourth-order valence-corrected chi connectivity index (χ4v) is 1.76.